The first-order chi connectivity index (χ1) is 7.29. The molecule has 15 heavy (non-hydrogen) atoms. The standard InChI is InChI=1S/C13H28N2/c1-4-11-14-12-9-7-6-8-10-13(12)15(3)5-2/h12-14H,4-11H2,1-3H3. The van der Waals surface area contributed by atoms with E-state index in [9.17, 15) is 0 Å². The minimum Gasteiger partial charge on any atom is -0.312 e. The van der Waals surface area contributed by atoms with Gasteiger partial charge in [0.1, 0.15) is 0 Å². The van der Waals surface area contributed by atoms with E-state index in [-0.39, 0.29) is 0 Å². The third-order valence-corrected chi connectivity index (χ3v) is 3.70. The number of nitrogens with one attached hydrogen (secondary N) is 1. The van der Waals surface area contributed by atoms with Crippen LogP contribution >= 0.6 is 0 Å². The number of rotatable bonds is 5. The Hall–Kier alpha value is -0.0800. The van der Waals surface area contributed by atoms with Crippen LogP contribution in [0.3, 0.4) is 0 Å². The van der Waals surface area contributed by atoms with Crippen LogP contribution in [0.2, 0.25) is 0 Å². The van der Waals surface area contributed by atoms with Crippen LogP contribution in [0.15, 0.2) is 0 Å². The summed E-state index contributed by atoms with van der Waals surface area (Å²) in [4.78, 5) is 2.53. The second-order valence-corrected chi connectivity index (χ2v) is 4.84. The number of likely N-dealkylation sites (N-methyl/N-ethyl adjacent to an activating group) is 1. The first kappa shape index (κ1) is 13.0. The van der Waals surface area contributed by atoms with Crippen LogP contribution in [0, 0.1) is 0 Å². The molecule has 0 radical (unpaired) electrons. The third-order valence-electron chi connectivity index (χ3n) is 3.70. The molecule has 0 aromatic carbocycles. The summed E-state index contributed by atoms with van der Waals surface area (Å²) in [5, 5.41) is 3.73. The summed E-state index contributed by atoms with van der Waals surface area (Å²) in [7, 11) is 2.27. The summed E-state index contributed by atoms with van der Waals surface area (Å²) in [6.45, 7) is 6.87. The van der Waals surface area contributed by atoms with Gasteiger partial charge in [0.05, 0.1) is 0 Å². The van der Waals surface area contributed by atoms with Crippen molar-refractivity contribution in [3.63, 3.8) is 0 Å². The first-order valence-corrected chi connectivity index (χ1v) is 6.73. The minimum atomic E-state index is 0.734. The smallest absolute Gasteiger partial charge is 0.0246 e. The Kier molecular flexibility index (Phi) is 6.26. The van der Waals surface area contributed by atoms with Gasteiger partial charge in [-0.25, -0.2) is 0 Å². The molecule has 2 heteroatoms. The van der Waals surface area contributed by atoms with Crippen LogP contribution in [0.25, 0.3) is 0 Å². The normalized spacial score (nSPS) is 28.0. The van der Waals surface area contributed by atoms with Gasteiger partial charge in [-0.05, 0) is 39.4 Å². The van der Waals surface area contributed by atoms with Crippen LogP contribution in [-0.4, -0.2) is 37.1 Å². The lowest BCUT2D eigenvalue weighted by Crippen LogP contribution is -2.48. The fourth-order valence-corrected chi connectivity index (χ4v) is 2.62. The maximum atomic E-state index is 3.73. The van der Waals surface area contributed by atoms with Gasteiger partial charge < -0.3 is 10.2 Å². The Morgan fingerprint density at radius 1 is 1.13 bits per heavy atom. The SMILES string of the molecule is CCCNC1CCCCCC1N(C)CC. The molecule has 90 valence electrons. The average Bonchev–Trinajstić information content (AvgIpc) is 2.50. The summed E-state index contributed by atoms with van der Waals surface area (Å²) >= 11 is 0. The molecule has 0 heterocycles. The highest BCUT2D eigenvalue weighted by Gasteiger charge is 2.25. The number of nitrogens with zero attached hydrogens (tertiary/aromatic N) is 1. The summed E-state index contributed by atoms with van der Waals surface area (Å²) in [5.74, 6) is 0. The second kappa shape index (κ2) is 7.24. The van der Waals surface area contributed by atoms with Crippen molar-refractivity contribution in [1.82, 2.24) is 10.2 Å². The van der Waals surface area contributed by atoms with Gasteiger partial charge >= 0.3 is 0 Å². The zero-order valence-electron chi connectivity index (χ0n) is 10.8. The molecule has 0 aromatic rings. The molecular weight excluding hydrogens is 184 g/mol. The van der Waals surface area contributed by atoms with Gasteiger partial charge in [-0.1, -0.05) is 33.1 Å². The van der Waals surface area contributed by atoms with Crippen molar-refractivity contribution in [1.29, 1.82) is 0 Å². The van der Waals surface area contributed by atoms with Crippen molar-refractivity contribution in [3.8, 4) is 0 Å². The molecule has 2 unspecified atom stereocenters. The van der Waals surface area contributed by atoms with Crippen LogP contribution in [0.5, 0.6) is 0 Å². The van der Waals surface area contributed by atoms with Gasteiger partial charge in [-0.3, -0.25) is 0 Å². The van der Waals surface area contributed by atoms with E-state index in [0.29, 0.717) is 0 Å². The average molecular weight is 212 g/mol. The Morgan fingerprint density at radius 2 is 1.87 bits per heavy atom. The zero-order valence-corrected chi connectivity index (χ0v) is 10.8. The highest BCUT2D eigenvalue weighted by Crippen LogP contribution is 2.21. The predicted octanol–water partition coefficient (Wildman–Crippen LogP) is 2.64. The van der Waals surface area contributed by atoms with Crippen molar-refractivity contribution in [2.45, 2.75) is 64.5 Å². The molecule has 0 aromatic heterocycles. The molecule has 0 bridgehead atoms. The first-order valence-electron chi connectivity index (χ1n) is 6.73. The maximum Gasteiger partial charge on any atom is 0.0246 e. The monoisotopic (exact) mass is 212 g/mol. The number of hydrogen-bond acceptors (Lipinski definition) is 2. The van der Waals surface area contributed by atoms with Crippen molar-refractivity contribution in [2.24, 2.45) is 0 Å². The van der Waals surface area contributed by atoms with Crippen molar-refractivity contribution in [3.05, 3.63) is 0 Å². The molecule has 0 aliphatic heterocycles. The van der Waals surface area contributed by atoms with Crippen molar-refractivity contribution >= 4 is 0 Å². The fourth-order valence-electron chi connectivity index (χ4n) is 2.62. The molecule has 1 saturated carbocycles. The van der Waals surface area contributed by atoms with E-state index in [4.69, 9.17) is 0 Å². The largest absolute Gasteiger partial charge is 0.312 e. The highest BCUT2D eigenvalue weighted by molar-refractivity contribution is 4.85. The van der Waals surface area contributed by atoms with Gasteiger partial charge in [-0.2, -0.15) is 0 Å². The molecule has 2 nitrogen and oxygen atoms in total. The molecule has 1 aliphatic carbocycles. The van der Waals surface area contributed by atoms with E-state index in [1.54, 1.807) is 0 Å². The maximum absolute atomic E-state index is 3.73. The van der Waals surface area contributed by atoms with Gasteiger partial charge in [0.15, 0.2) is 0 Å². The van der Waals surface area contributed by atoms with Crippen LogP contribution in [0.1, 0.15) is 52.4 Å². The minimum absolute atomic E-state index is 0.734. The lowest BCUT2D eigenvalue weighted by Gasteiger charge is -2.33. The lowest BCUT2D eigenvalue weighted by molar-refractivity contribution is 0.190. The topological polar surface area (TPSA) is 15.3 Å². The van der Waals surface area contributed by atoms with E-state index in [2.05, 4.69) is 31.1 Å². The van der Waals surface area contributed by atoms with E-state index < -0.39 is 0 Å². The molecule has 2 atom stereocenters. The summed E-state index contributed by atoms with van der Waals surface area (Å²) in [6.07, 6.45) is 8.26. The van der Waals surface area contributed by atoms with Gasteiger partial charge in [-0.15, -0.1) is 0 Å². The molecule has 1 aliphatic rings. The van der Waals surface area contributed by atoms with E-state index in [1.165, 1.54) is 51.6 Å². The fraction of sp³-hybridized carbons (Fsp3) is 1.00. The van der Waals surface area contributed by atoms with Crippen LogP contribution in [0.4, 0.5) is 0 Å². The van der Waals surface area contributed by atoms with Crippen LogP contribution < -0.4 is 5.32 Å². The van der Waals surface area contributed by atoms with Gasteiger partial charge in [0.2, 0.25) is 0 Å². The molecule has 0 saturated heterocycles. The summed E-state index contributed by atoms with van der Waals surface area (Å²) < 4.78 is 0. The molecule has 0 amide bonds. The molecule has 1 rings (SSSR count). The zero-order chi connectivity index (χ0) is 11.1. The van der Waals surface area contributed by atoms with E-state index in [1.807, 2.05) is 0 Å². The molecule has 1 fully saturated rings. The van der Waals surface area contributed by atoms with Gasteiger partial charge in [0, 0.05) is 12.1 Å². The predicted molar refractivity (Wildman–Crippen MR) is 67.3 cm³/mol. The Bertz CT molecular complexity index is 159. The third kappa shape index (κ3) is 4.12. The molecule has 1 N–H and O–H groups in total. The molecule has 0 spiro atoms. The van der Waals surface area contributed by atoms with Crippen LogP contribution in [-0.2, 0) is 0 Å². The Labute approximate surface area is 95.4 Å². The Morgan fingerprint density at radius 3 is 2.53 bits per heavy atom. The van der Waals surface area contributed by atoms with Gasteiger partial charge in [0.25, 0.3) is 0 Å². The lowest BCUT2D eigenvalue weighted by atomic mass is 10.0. The Balaban J connectivity index is 2.50. The molecular formula is C13H28N2. The van der Waals surface area contributed by atoms with Crippen molar-refractivity contribution in [2.75, 3.05) is 20.1 Å². The summed E-state index contributed by atoms with van der Waals surface area (Å²) in [5.41, 5.74) is 0. The quantitative estimate of drug-likeness (QED) is 0.705. The van der Waals surface area contributed by atoms with E-state index in [0.717, 1.165) is 12.1 Å². The van der Waals surface area contributed by atoms with E-state index >= 15 is 0 Å². The highest BCUT2D eigenvalue weighted by atomic mass is 15.2. The second-order valence-electron chi connectivity index (χ2n) is 4.84. The van der Waals surface area contributed by atoms with Crippen molar-refractivity contribution < 1.29 is 0 Å². The number of hydrogen-bond donors (Lipinski definition) is 1. The summed E-state index contributed by atoms with van der Waals surface area (Å²) in [6, 6.07) is 1.50.